The molecule has 0 aliphatic heterocycles. The summed E-state index contributed by atoms with van der Waals surface area (Å²) in [7, 11) is 1.59. The molecule has 1 rings (SSSR count). The van der Waals surface area contributed by atoms with Gasteiger partial charge in [-0.15, -0.1) is 0 Å². The van der Waals surface area contributed by atoms with E-state index in [1.165, 1.54) is 83.5 Å². The fourth-order valence-corrected chi connectivity index (χ4v) is 3.28. The molecule has 0 saturated heterocycles. The van der Waals surface area contributed by atoms with Gasteiger partial charge in [0.2, 0.25) is 5.75 Å². The van der Waals surface area contributed by atoms with Crippen molar-refractivity contribution in [3.8, 4) is 17.2 Å². The van der Waals surface area contributed by atoms with Gasteiger partial charge in [0.05, 0.1) is 13.7 Å². The summed E-state index contributed by atoms with van der Waals surface area (Å²) in [6.07, 6.45) is 18.9. The predicted molar refractivity (Wildman–Crippen MR) is 110 cm³/mol. The molecule has 0 unspecified atom stereocenters. The standard InChI is InChI=1S/C23H40O3/c1-3-4-5-6-7-8-9-10-11-12-13-14-15-16-20-26-23-21(24)18-17-19-22(23)25-2/h17-19,24H,3-16,20H2,1-2H3. The van der Waals surface area contributed by atoms with Crippen LogP contribution in [0.4, 0.5) is 0 Å². The van der Waals surface area contributed by atoms with Gasteiger partial charge in [0.15, 0.2) is 11.5 Å². The van der Waals surface area contributed by atoms with E-state index in [2.05, 4.69) is 6.92 Å². The van der Waals surface area contributed by atoms with E-state index < -0.39 is 0 Å². The molecule has 0 aliphatic carbocycles. The summed E-state index contributed by atoms with van der Waals surface area (Å²) in [6, 6.07) is 5.19. The first-order valence-corrected chi connectivity index (χ1v) is 10.8. The van der Waals surface area contributed by atoms with Gasteiger partial charge >= 0.3 is 0 Å². The second-order valence-electron chi connectivity index (χ2n) is 7.25. The highest BCUT2D eigenvalue weighted by Crippen LogP contribution is 2.35. The molecular formula is C23H40O3. The number of phenols is 1. The van der Waals surface area contributed by atoms with Gasteiger partial charge in [-0.1, -0.05) is 96.5 Å². The summed E-state index contributed by atoms with van der Waals surface area (Å²) in [4.78, 5) is 0. The van der Waals surface area contributed by atoms with E-state index in [1.54, 1.807) is 25.3 Å². The van der Waals surface area contributed by atoms with Crippen LogP contribution in [0.1, 0.15) is 96.8 Å². The molecule has 0 atom stereocenters. The first-order chi connectivity index (χ1) is 12.8. The molecule has 1 aromatic carbocycles. The van der Waals surface area contributed by atoms with Crippen molar-refractivity contribution in [2.75, 3.05) is 13.7 Å². The number of para-hydroxylation sites is 1. The lowest BCUT2D eigenvalue weighted by molar-refractivity contribution is 0.270. The van der Waals surface area contributed by atoms with Crippen molar-refractivity contribution in [1.29, 1.82) is 0 Å². The average molecular weight is 365 g/mol. The SMILES string of the molecule is CCCCCCCCCCCCCCCCOc1c(O)cccc1OC. The van der Waals surface area contributed by atoms with Crippen LogP contribution in [0.3, 0.4) is 0 Å². The number of methoxy groups -OCH3 is 1. The van der Waals surface area contributed by atoms with E-state index in [4.69, 9.17) is 9.47 Å². The zero-order valence-corrected chi connectivity index (χ0v) is 17.1. The third kappa shape index (κ3) is 10.6. The molecule has 3 nitrogen and oxygen atoms in total. The molecule has 0 spiro atoms. The molecule has 0 bridgehead atoms. The van der Waals surface area contributed by atoms with Gasteiger partial charge in [0.25, 0.3) is 0 Å². The number of hydrogen-bond acceptors (Lipinski definition) is 3. The van der Waals surface area contributed by atoms with Crippen LogP contribution in [0.5, 0.6) is 17.2 Å². The number of ether oxygens (including phenoxy) is 2. The van der Waals surface area contributed by atoms with Crippen molar-refractivity contribution < 1.29 is 14.6 Å². The monoisotopic (exact) mass is 364 g/mol. The minimum absolute atomic E-state index is 0.148. The molecule has 0 amide bonds. The smallest absolute Gasteiger partial charge is 0.203 e. The first kappa shape index (κ1) is 22.7. The zero-order chi connectivity index (χ0) is 18.9. The van der Waals surface area contributed by atoms with Crippen LogP contribution in [0.25, 0.3) is 0 Å². The molecule has 3 heteroatoms. The van der Waals surface area contributed by atoms with Crippen molar-refractivity contribution >= 4 is 0 Å². The number of rotatable bonds is 17. The van der Waals surface area contributed by atoms with E-state index >= 15 is 0 Å². The fraction of sp³-hybridized carbons (Fsp3) is 0.739. The summed E-state index contributed by atoms with van der Waals surface area (Å²) in [5.74, 6) is 1.20. The molecule has 150 valence electrons. The van der Waals surface area contributed by atoms with Crippen LogP contribution in [-0.2, 0) is 0 Å². The van der Waals surface area contributed by atoms with Crippen LogP contribution in [0.2, 0.25) is 0 Å². The molecule has 0 heterocycles. The Morgan fingerprint density at radius 1 is 0.731 bits per heavy atom. The highest BCUT2D eigenvalue weighted by molar-refractivity contribution is 5.50. The van der Waals surface area contributed by atoms with Crippen LogP contribution in [0, 0.1) is 0 Å². The topological polar surface area (TPSA) is 38.7 Å². The fourth-order valence-electron chi connectivity index (χ4n) is 3.28. The minimum Gasteiger partial charge on any atom is -0.504 e. The van der Waals surface area contributed by atoms with Crippen molar-refractivity contribution in [3.05, 3.63) is 18.2 Å². The maximum Gasteiger partial charge on any atom is 0.203 e. The van der Waals surface area contributed by atoms with E-state index in [1.807, 2.05) is 0 Å². The summed E-state index contributed by atoms with van der Waals surface area (Å²) < 4.78 is 10.9. The zero-order valence-electron chi connectivity index (χ0n) is 17.1. The third-order valence-corrected chi connectivity index (χ3v) is 4.92. The maximum absolute atomic E-state index is 9.83. The van der Waals surface area contributed by atoms with E-state index in [9.17, 15) is 5.11 Å². The largest absolute Gasteiger partial charge is 0.504 e. The van der Waals surface area contributed by atoms with Crippen molar-refractivity contribution in [1.82, 2.24) is 0 Å². The quantitative estimate of drug-likeness (QED) is 0.296. The van der Waals surface area contributed by atoms with Crippen molar-refractivity contribution in [2.24, 2.45) is 0 Å². The Morgan fingerprint density at radius 2 is 1.23 bits per heavy atom. The van der Waals surface area contributed by atoms with Gasteiger partial charge in [0.1, 0.15) is 0 Å². The van der Waals surface area contributed by atoms with Gasteiger partial charge in [-0.3, -0.25) is 0 Å². The molecule has 0 fully saturated rings. The van der Waals surface area contributed by atoms with E-state index in [0.29, 0.717) is 18.1 Å². The highest BCUT2D eigenvalue weighted by Gasteiger charge is 2.08. The molecule has 0 saturated carbocycles. The number of phenolic OH excluding ortho intramolecular Hbond substituents is 1. The normalized spacial score (nSPS) is 10.8. The van der Waals surface area contributed by atoms with E-state index in [0.717, 1.165) is 6.42 Å². The van der Waals surface area contributed by atoms with Gasteiger partial charge in [-0.25, -0.2) is 0 Å². The number of benzene rings is 1. The molecular weight excluding hydrogens is 324 g/mol. The Hall–Kier alpha value is -1.38. The minimum atomic E-state index is 0.148. The molecule has 26 heavy (non-hydrogen) atoms. The van der Waals surface area contributed by atoms with Gasteiger partial charge < -0.3 is 14.6 Å². The Labute approximate surface area is 161 Å². The van der Waals surface area contributed by atoms with Gasteiger partial charge in [0, 0.05) is 0 Å². The second-order valence-corrected chi connectivity index (χ2v) is 7.25. The third-order valence-electron chi connectivity index (χ3n) is 4.92. The van der Waals surface area contributed by atoms with Gasteiger partial charge in [-0.05, 0) is 18.6 Å². The Morgan fingerprint density at radius 3 is 1.73 bits per heavy atom. The number of hydrogen-bond donors (Lipinski definition) is 1. The highest BCUT2D eigenvalue weighted by atomic mass is 16.5. The molecule has 1 aromatic rings. The maximum atomic E-state index is 9.83. The van der Waals surface area contributed by atoms with E-state index in [-0.39, 0.29) is 5.75 Å². The first-order valence-electron chi connectivity index (χ1n) is 10.8. The summed E-state index contributed by atoms with van der Waals surface area (Å²) >= 11 is 0. The Balaban J connectivity index is 1.88. The number of aromatic hydroxyl groups is 1. The van der Waals surface area contributed by atoms with Crippen LogP contribution >= 0.6 is 0 Å². The lowest BCUT2D eigenvalue weighted by atomic mass is 10.0. The molecule has 0 radical (unpaired) electrons. The predicted octanol–water partition coefficient (Wildman–Crippen LogP) is 7.26. The van der Waals surface area contributed by atoms with Crippen molar-refractivity contribution in [3.63, 3.8) is 0 Å². The average Bonchev–Trinajstić information content (AvgIpc) is 2.65. The van der Waals surface area contributed by atoms with Crippen LogP contribution < -0.4 is 9.47 Å². The molecule has 0 aliphatic rings. The van der Waals surface area contributed by atoms with Crippen molar-refractivity contribution in [2.45, 2.75) is 96.8 Å². The summed E-state index contributed by atoms with van der Waals surface area (Å²) in [6.45, 7) is 2.91. The second kappa shape index (κ2) is 15.8. The Kier molecular flexibility index (Phi) is 13.8. The molecule has 0 aromatic heterocycles. The van der Waals surface area contributed by atoms with Gasteiger partial charge in [-0.2, -0.15) is 0 Å². The molecule has 1 N–H and O–H groups in total. The van der Waals surface area contributed by atoms with Crippen LogP contribution in [0.15, 0.2) is 18.2 Å². The lowest BCUT2D eigenvalue weighted by Crippen LogP contribution is -1.99. The van der Waals surface area contributed by atoms with Crippen LogP contribution in [-0.4, -0.2) is 18.8 Å². The summed E-state index contributed by atoms with van der Waals surface area (Å²) in [5.41, 5.74) is 0. The number of unbranched alkanes of at least 4 members (excludes halogenated alkanes) is 13. The Bertz CT molecular complexity index is 445. The lowest BCUT2D eigenvalue weighted by Gasteiger charge is -2.11. The summed E-state index contributed by atoms with van der Waals surface area (Å²) in [5, 5.41) is 9.83.